The minimum atomic E-state index is -0.338. The van der Waals surface area contributed by atoms with Crippen molar-refractivity contribution in [1.82, 2.24) is 14.5 Å². The number of rotatable bonds is 8. The van der Waals surface area contributed by atoms with Crippen molar-refractivity contribution in [3.8, 4) is 11.4 Å². The minimum Gasteiger partial charge on any atom is -0.469 e. The Hall–Kier alpha value is -2.72. The number of nitrogens with zero attached hydrogens (tertiary/aromatic N) is 3. The molecule has 4 saturated carbocycles. The molecule has 3 N–H and O–H groups in total. The lowest BCUT2D eigenvalue weighted by molar-refractivity contribution is -0.182. The predicted octanol–water partition coefficient (Wildman–Crippen LogP) is 6.23. The Kier molecular flexibility index (Phi) is 9.17. The molecule has 10 atom stereocenters. The molecule has 1 heterocycles. The maximum atomic E-state index is 13.2. The van der Waals surface area contributed by atoms with E-state index in [0.29, 0.717) is 47.8 Å². The lowest BCUT2D eigenvalue weighted by Gasteiger charge is -2.62. The Morgan fingerprint density at radius 2 is 1.91 bits per heavy atom. The highest BCUT2D eigenvalue weighted by Crippen LogP contribution is 2.68. The Bertz CT molecular complexity index is 1520. The largest absolute Gasteiger partial charge is 0.469 e. The highest BCUT2D eigenvalue weighted by molar-refractivity contribution is 7.71. The normalized spacial score (nSPS) is 35.8. The summed E-state index contributed by atoms with van der Waals surface area (Å²) in [6.45, 7) is 8.99. The van der Waals surface area contributed by atoms with Gasteiger partial charge in [0.05, 0.1) is 13.2 Å². The number of aliphatic hydroxyl groups is 1. The Balaban J connectivity index is 1.09. The highest BCUT2D eigenvalue weighted by atomic mass is 32.1. The summed E-state index contributed by atoms with van der Waals surface area (Å²) in [5.74, 6) is 9.13. The third kappa shape index (κ3) is 5.71. The van der Waals surface area contributed by atoms with Crippen LogP contribution in [0, 0.1) is 58.0 Å². The Labute approximate surface area is 278 Å². The van der Waals surface area contributed by atoms with Crippen molar-refractivity contribution in [2.24, 2.45) is 46.3 Å². The van der Waals surface area contributed by atoms with Crippen molar-refractivity contribution in [3.05, 3.63) is 34.6 Å². The lowest BCUT2D eigenvalue weighted by Crippen LogP contribution is -2.59. The SMILES string of the molecule is COC(=O)CC[C@@H](C)[C@H]1CC[C@H]2[C@@H]3CC[C@@H]4C[C@H](OC(=O)Cn5nc(-c6cccc(C)c6)n(N)c5=S)CC[C@]4(C)[C@H]3C[C@H](O)[C@]12C. The Morgan fingerprint density at radius 3 is 2.65 bits per heavy atom. The molecule has 6 rings (SSSR count). The number of ether oxygens (including phenoxy) is 2. The second-order valence-electron chi connectivity index (χ2n) is 15.4. The van der Waals surface area contributed by atoms with Gasteiger partial charge in [-0.25, -0.2) is 9.36 Å². The fourth-order valence-electron chi connectivity index (χ4n) is 10.7. The molecule has 2 aromatic rings. The number of aromatic nitrogens is 3. The summed E-state index contributed by atoms with van der Waals surface area (Å²) in [5, 5.41) is 16.4. The second kappa shape index (κ2) is 12.7. The van der Waals surface area contributed by atoms with Crippen molar-refractivity contribution in [3.63, 3.8) is 0 Å². The van der Waals surface area contributed by atoms with Gasteiger partial charge in [0.2, 0.25) is 4.77 Å². The van der Waals surface area contributed by atoms with E-state index in [2.05, 4.69) is 25.9 Å². The molecule has 46 heavy (non-hydrogen) atoms. The number of esters is 2. The number of hydrogen-bond acceptors (Lipinski definition) is 8. The van der Waals surface area contributed by atoms with Gasteiger partial charge in [-0.2, -0.15) is 0 Å². The molecule has 1 aromatic carbocycles. The molecule has 4 aliphatic carbocycles. The van der Waals surface area contributed by atoms with E-state index in [1.165, 1.54) is 22.9 Å². The van der Waals surface area contributed by atoms with Gasteiger partial charge in [0.25, 0.3) is 0 Å². The molecular formula is C36H52N4O5S. The summed E-state index contributed by atoms with van der Waals surface area (Å²) in [6, 6.07) is 7.86. The van der Waals surface area contributed by atoms with Crippen LogP contribution in [0.3, 0.4) is 0 Å². The third-order valence-corrected chi connectivity index (χ3v) is 13.6. The van der Waals surface area contributed by atoms with E-state index >= 15 is 0 Å². The number of hydrogen-bond donors (Lipinski definition) is 2. The molecule has 4 aliphatic rings. The average Bonchev–Trinajstić information content (AvgIpc) is 3.53. The first kappa shape index (κ1) is 33.2. The molecule has 0 radical (unpaired) electrons. The molecule has 9 nitrogen and oxygen atoms in total. The van der Waals surface area contributed by atoms with Gasteiger partial charge < -0.3 is 20.4 Å². The standard InChI is InChI=1S/C36H52N4O5S/c1-21-7-6-8-23(17-21)33-38-39(34(46)40(33)37)20-32(43)45-25-15-16-35(3)24(18-25)10-11-26-28-13-12-27(22(2)9-14-31(42)44-5)36(28,4)30(41)19-29(26)35/h6-8,17,22,24-30,41H,9-16,18-20,37H2,1-5H3/t22-,24-,25-,26+,27-,28+,29+,30+,35+,36-/m1/s1. The number of carbonyl (C=O) groups is 2. The first-order valence-electron chi connectivity index (χ1n) is 17.3. The lowest BCUT2D eigenvalue weighted by atomic mass is 9.43. The van der Waals surface area contributed by atoms with Gasteiger partial charge in [-0.3, -0.25) is 9.59 Å². The van der Waals surface area contributed by atoms with Gasteiger partial charge in [-0.1, -0.05) is 44.5 Å². The van der Waals surface area contributed by atoms with E-state index < -0.39 is 0 Å². The molecule has 252 valence electrons. The zero-order valence-electron chi connectivity index (χ0n) is 28.1. The zero-order valence-corrected chi connectivity index (χ0v) is 28.9. The maximum absolute atomic E-state index is 13.2. The van der Waals surface area contributed by atoms with Gasteiger partial charge >= 0.3 is 11.9 Å². The number of aryl methyl sites for hydroxylation is 1. The molecule has 0 aliphatic heterocycles. The topological polar surface area (TPSA) is 122 Å². The third-order valence-electron chi connectivity index (χ3n) is 13.2. The number of aliphatic hydroxyl groups excluding tert-OH is 1. The van der Waals surface area contributed by atoms with Gasteiger partial charge in [0, 0.05) is 12.0 Å². The van der Waals surface area contributed by atoms with Gasteiger partial charge in [0.15, 0.2) is 5.82 Å². The van der Waals surface area contributed by atoms with Crippen LogP contribution < -0.4 is 5.84 Å². The first-order valence-corrected chi connectivity index (χ1v) is 17.7. The van der Waals surface area contributed by atoms with E-state index in [9.17, 15) is 14.7 Å². The van der Waals surface area contributed by atoms with E-state index in [0.717, 1.165) is 62.5 Å². The first-order chi connectivity index (χ1) is 21.9. The fraction of sp³-hybridized carbons (Fsp3) is 0.722. The van der Waals surface area contributed by atoms with Crippen LogP contribution in [0.1, 0.15) is 90.5 Å². The monoisotopic (exact) mass is 652 g/mol. The van der Waals surface area contributed by atoms with E-state index in [1.807, 2.05) is 31.2 Å². The molecule has 10 heteroatoms. The number of nitrogen functional groups attached to an aromatic ring is 1. The van der Waals surface area contributed by atoms with Crippen molar-refractivity contribution >= 4 is 24.2 Å². The van der Waals surface area contributed by atoms with Crippen molar-refractivity contribution < 1.29 is 24.2 Å². The number of carbonyl (C=O) groups excluding carboxylic acids is 2. The summed E-state index contributed by atoms with van der Waals surface area (Å²) in [6.07, 6.45) is 8.93. The van der Waals surface area contributed by atoms with Crippen molar-refractivity contribution in [2.75, 3.05) is 13.0 Å². The van der Waals surface area contributed by atoms with Crippen LogP contribution in [0.25, 0.3) is 11.4 Å². The summed E-state index contributed by atoms with van der Waals surface area (Å²) in [4.78, 5) is 25.0. The Morgan fingerprint density at radius 1 is 1.13 bits per heavy atom. The number of methoxy groups -OCH3 is 1. The summed E-state index contributed by atoms with van der Waals surface area (Å²) in [5.41, 5.74) is 1.95. The van der Waals surface area contributed by atoms with Gasteiger partial charge in [-0.05, 0) is 129 Å². The molecule has 1 aromatic heterocycles. The molecule has 0 unspecified atom stereocenters. The number of benzene rings is 1. The average molecular weight is 653 g/mol. The molecule has 0 spiro atoms. The van der Waals surface area contributed by atoms with Crippen LogP contribution >= 0.6 is 12.2 Å². The van der Waals surface area contributed by atoms with Crippen LogP contribution in [-0.2, 0) is 25.6 Å². The van der Waals surface area contributed by atoms with Crippen molar-refractivity contribution in [1.29, 1.82) is 0 Å². The number of nitrogens with two attached hydrogens (primary N) is 1. The van der Waals surface area contributed by atoms with Crippen LogP contribution in [0.2, 0.25) is 0 Å². The fourth-order valence-corrected chi connectivity index (χ4v) is 10.9. The van der Waals surface area contributed by atoms with E-state index in [1.54, 1.807) is 0 Å². The molecular weight excluding hydrogens is 600 g/mol. The predicted molar refractivity (Wildman–Crippen MR) is 178 cm³/mol. The summed E-state index contributed by atoms with van der Waals surface area (Å²) < 4.78 is 14.1. The molecule has 0 saturated heterocycles. The van der Waals surface area contributed by atoms with E-state index in [-0.39, 0.29) is 46.3 Å². The minimum absolute atomic E-state index is 0.0728. The highest BCUT2D eigenvalue weighted by Gasteiger charge is 2.63. The van der Waals surface area contributed by atoms with Gasteiger partial charge in [0.1, 0.15) is 12.6 Å². The van der Waals surface area contributed by atoms with Crippen LogP contribution in [0.15, 0.2) is 24.3 Å². The van der Waals surface area contributed by atoms with Crippen molar-refractivity contribution in [2.45, 2.75) is 111 Å². The maximum Gasteiger partial charge on any atom is 0.328 e. The van der Waals surface area contributed by atoms with Gasteiger partial charge in [-0.15, -0.1) is 5.10 Å². The van der Waals surface area contributed by atoms with Crippen LogP contribution in [-0.4, -0.2) is 50.8 Å². The summed E-state index contributed by atoms with van der Waals surface area (Å²) >= 11 is 5.51. The van der Waals surface area contributed by atoms with E-state index in [4.69, 9.17) is 27.5 Å². The molecule has 4 fully saturated rings. The quantitative estimate of drug-likeness (QED) is 0.196. The summed E-state index contributed by atoms with van der Waals surface area (Å²) in [7, 11) is 1.45. The van der Waals surface area contributed by atoms with Crippen LogP contribution in [0.5, 0.6) is 0 Å². The van der Waals surface area contributed by atoms with Crippen LogP contribution in [0.4, 0.5) is 0 Å². The smallest absolute Gasteiger partial charge is 0.328 e. The molecule has 0 bridgehead atoms. The molecule has 0 amide bonds. The number of fused-ring (bicyclic) bond motifs is 5. The second-order valence-corrected chi connectivity index (χ2v) is 15.8. The zero-order chi connectivity index (χ0) is 33.0.